The minimum Gasteiger partial charge on any atom is -0.361 e. The summed E-state index contributed by atoms with van der Waals surface area (Å²) in [7, 11) is 0. The summed E-state index contributed by atoms with van der Waals surface area (Å²) in [6.07, 6.45) is 1.86. The zero-order valence-electron chi connectivity index (χ0n) is 11.7. The van der Waals surface area contributed by atoms with E-state index in [-0.39, 0.29) is 5.56 Å². The quantitative estimate of drug-likeness (QED) is 0.556. The van der Waals surface area contributed by atoms with Gasteiger partial charge in [0, 0.05) is 17.1 Å². The maximum absolute atomic E-state index is 12.8. The SMILES string of the molecule is O=c1c2cc3cc[nH]c3cc2[nH]c(=S)n1Cc1ccccc1. The van der Waals surface area contributed by atoms with Crippen molar-refractivity contribution in [3.63, 3.8) is 0 Å². The van der Waals surface area contributed by atoms with Crippen LogP contribution < -0.4 is 5.56 Å². The number of nitrogens with one attached hydrogen (secondary N) is 2. The molecule has 0 aliphatic carbocycles. The zero-order chi connectivity index (χ0) is 15.1. The van der Waals surface area contributed by atoms with Crippen molar-refractivity contribution >= 4 is 34.0 Å². The molecule has 108 valence electrons. The van der Waals surface area contributed by atoms with Crippen molar-refractivity contribution in [2.75, 3.05) is 0 Å². The molecule has 0 spiro atoms. The van der Waals surface area contributed by atoms with Gasteiger partial charge in [-0.3, -0.25) is 9.36 Å². The molecule has 5 heteroatoms. The molecule has 4 nitrogen and oxygen atoms in total. The lowest BCUT2D eigenvalue weighted by Crippen LogP contribution is -2.22. The normalized spacial score (nSPS) is 11.3. The number of aromatic nitrogens is 3. The lowest BCUT2D eigenvalue weighted by atomic mass is 10.2. The van der Waals surface area contributed by atoms with Gasteiger partial charge in [0.1, 0.15) is 0 Å². The third-order valence-corrected chi connectivity index (χ3v) is 4.16. The Morgan fingerprint density at radius 3 is 2.68 bits per heavy atom. The molecule has 22 heavy (non-hydrogen) atoms. The molecule has 0 aliphatic heterocycles. The maximum atomic E-state index is 12.8. The van der Waals surface area contributed by atoms with E-state index >= 15 is 0 Å². The van der Waals surface area contributed by atoms with Crippen molar-refractivity contribution in [2.45, 2.75) is 6.54 Å². The zero-order valence-corrected chi connectivity index (χ0v) is 12.5. The van der Waals surface area contributed by atoms with Gasteiger partial charge in [0.05, 0.1) is 17.4 Å². The number of rotatable bonds is 2. The van der Waals surface area contributed by atoms with Crippen LogP contribution in [0.15, 0.2) is 59.5 Å². The predicted octanol–water partition coefficient (Wildman–Crippen LogP) is 3.59. The van der Waals surface area contributed by atoms with Crippen LogP contribution in [0.25, 0.3) is 21.8 Å². The van der Waals surface area contributed by atoms with Gasteiger partial charge in [0.2, 0.25) is 0 Å². The van der Waals surface area contributed by atoms with Crippen LogP contribution >= 0.6 is 12.2 Å². The fourth-order valence-corrected chi connectivity index (χ4v) is 2.97. The van der Waals surface area contributed by atoms with Gasteiger partial charge in [-0.1, -0.05) is 30.3 Å². The Morgan fingerprint density at radius 2 is 1.86 bits per heavy atom. The first-order chi connectivity index (χ1) is 10.7. The first kappa shape index (κ1) is 13.0. The van der Waals surface area contributed by atoms with Crippen LogP contribution in [-0.4, -0.2) is 14.5 Å². The molecule has 0 amide bonds. The minimum absolute atomic E-state index is 0.0642. The van der Waals surface area contributed by atoms with E-state index in [0.717, 1.165) is 22.0 Å². The number of fused-ring (bicyclic) bond motifs is 2. The molecular weight excluding hydrogens is 294 g/mol. The summed E-state index contributed by atoms with van der Waals surface area (Å²) < 4.78 is 2.04. The summed E-state index contributed by atoms with van der Waals surface area (Å²) in [5.41, 5.74) is 2.73. The first-order valence-corrected chi connectivity index (χ1v) is 7.41. The fourth-order valence-electron chi connectivity index (χ4n) is 2.71. The average Bonchev–Trinajstić information content (AvgIpc) is 2.98. The van der Waals surface area contributed by atoms with E-state index in [4.69, 9.17) is 12.2 Å². The van der Waals surface area contributed by atoms with Crippen molar-refractivity contribution in [1.29, 1.82) is 0 Å². The lowest BCUT2D eigenvalue weighted by Gasteiger charge is -2.08. The summed E-state index contributed by atoms with van der Waals surface area (Å²) in [4.78, 5) is 19.1. The third-order valence-electron chi connectivity index (χ3n) is 3.84. The molecule has 0 aliphatic rings. The van der Waals surface area contributed by atoms with Crippen LogP contribution in [0.2, 0.25) is 0 Å². The van der Waals surface area contributed by atoms with Crippen LogP contribution in [0.5, 0.6) is 0 Å². The second-order valence-corrected chi connectivity index (χ2v) is 5.66. The number of hydrogen-bond donors (Lipinski definition) is 2. The van der Waals surface area contributed by atoms with Gasteiger partial charge in [0.15, 0.2) is 4.77 Å². The van der Waals surface area contributed by atoms with Gasteiger partial charge in [-0.2, -0.15) is 0 Å². The molecule has 2 heterocycles. The van der Waals surface area contributed by atoms with Crippen LogP contribution in [-0.2, 0) is 6.54 Å². The Balaban J connectivity index is 1.97. The third kappa shape index (κ3) is 2.07. The molecule has 0 unspecified atom stereocenters. The second kappa shape index (κ2) is 4.96. The Morgan fingerprint density at radius 1 is 1.05 bits per heavy atom. The average molecular weight is 307 g/mol. The van der Waals surface area contributed by atoms with Gasteiger partial charge >= 0.3 is 0 Å². The number of aromatic amines is 2. The summed E-state index contributed by atoms with van der Waals surface area (Å²) in [6.45, 7) is 0.468. The van der Waals surface area contributed by atoms with Gasteiger partial charge in [-0.25, -0.2) is 0 Å². The standard InChI is InChI=1S/C17H13N3OS/c21-16-13-8-12-6-7-18-14(12)9-15(13)19-17(22)20(16)10-11-4-2-1-3-5-11/h1-9,18H,10H2,(H,19,22). The Bertz CT molecular complexity index is 1090. The topological polar surface area (TPSA) is 53.6 Å². The Hall–Kier alpha value is -2.66. The van der Waals surface area contributed by atoms with Crippen molar-refractivity contribution < 1.29 is 0 Å². The van der Waals surface area contributed by atoms with Crippen LogP contribution in [0.1, 0.15) is 5.56 Å². The van der Waals surface area contributed by atoms with Crippen molar-refractivity contribution in [2.24, 2.45) is 0 Å². The van der Waals surface area contributed by atoms with E-state index in [9.17, 15) is 4.79 Å². The van der Waals surface area contributed by atoms with Crippen molar-refractivity contribution in [3.05, 3.63) is 75.4 Å². The molecule has 4 rings (SSSR count). The van der Waals surface area contributed by atoms with Gasteiger partial charge < -0.3 is 9.97 Å². The molecule has 2 aromatic carbocycles. The van der Waals surface area contributed by atoms with E-state index in [2.05, 4.69) is 9.97 Å². The van der Waals surface area contributed by atoms with E-state index in [1.807, 2.05) is 54.7 Å². The van der Waals surface area contributed by atoms with Gasteiger partial charge in [-0.05, 0) is 36.0 Å². The molecular formula is C17H13N3OS. The summed E-state index contributed by atoms with van der Waals surface area (Å²) in [5, 5.41) is 1.66. The largest absolute Gasteiger partial charge is 0.361 e. The summed E-state index contributed by atoms with van der Waals surface area (Å²) in [6, 6.07) is 15.6. The van der Waals surface area contributed by atoms with Gasteiger partial charge in [-0.15, -0.1) is 0 Å². The highest BCUT2D eigenvalue weighted by Gasteiger charge is 2.08. The van der Waals surface area contributed by atoms with E-state index in [0.29, 0.717) is 16.7 Å². The van der Waals surface area contributed by atoms with Crippen LogP contribution in [0.4, 0.5) is 0 Å². The monoisotopic (exact) mass is 307 g/mol. The van der Waals surface area contributed by atoms with Gasteiger partial charge in [0.25, 0.3) is 5.56 Å². The number of benzene rings is 2. The Kier molecular flexibility index (Phi) is 2.94. The Labute approximate surface area is 131 Å². The molecule has 0 bridgehead atoms. The minimum atomic E-state index is -0.0642. The molecule has 2 aromatic heterocycles. The number of nitrogens with zero attached hydrogens (tertiary/aromatic N) is 1. The first-order valence-electron chi connectivity index (χ1n) is 7.00. The number of H-pyrrole nitrogens is 2. The molecule has 0 saturated carbocycles. The predicted molar refractivity (Wildman–Crippen MR) is 90.8 cm³/mol. The van der Waals surface area contributed by atoms with Crippen molar-refractivity contribution in [1.82, 2.24) is 14.5 Å². The lowest BCUT2D eigenvalue weighted by molar-refractivity contribution is 0.734. The van der Waals surface area contributed by atoms with E-state index in [1.54, 1.807) is 4.57 Å². The highest BCUT2D eigenvalue weighted by molar-refractivity contribution is 7.71. The maximum Gasteiger partial charge on any atom is 0.262 e. The fraction of sp³-hybridized carbons (Fsp3) is 0.0588. The smallest absolute Gasteiger partial charge is 0.262 e. The van der Waals surface area contributed by atoms with E-state index in [1.165, 1.54) is 0 Å². The highest BCUT2D eigenvalue weighted by Crippen LogP contribution is 2.18. The highest BCUT2D eigenvalue weighted by atomic mass is 32.1. The van der Waals surface area contributed by atoms with Crippen LogP contribution in [0, 0.1) is 4.77 Å². The second-order valence-electron chi connectivity index (χ2n) is 5.27. The molecule has 4 aromatic rings. The molecule has 0 saturated heterocycles. The molecule has 0 atom stereocenters. The van der Waals surface area contributed by atoms with Crippen LogP contribution in [0.3, 0.4) is 0 Å². The van der Waals surface area contributed by atoms with Crippen molar-refractivity contribution in [3.8, 4) is 0 Å². The summed E-state index contributed by atoms with van der Waals surface area (Å²) in [5.74, 6) is 0. The molecule has 0 radical (unpaired) electrons. The molecule has 0 fully saturated rings. The molecule has 2 N–H and O–H groups in total. The summed E-state index contributed by atoms with van der Waals surface area (Å²) >= 11 is 5.37. The number of hydrogen-bond acceptors (Lipinski definition) is 2. The van der Waals surface area contributed by atoms with E-state index < -0.39 is 0 Å².